The molecule has 0 aromatic heterocycles. The van der Waals surface area contributed by atoms with E-state index in [0.717, 1.165) is 23.1 Å². The Morgan fingerprint density at radius 1 is 0.741 bits per heavy atom. The Labute approximate surface area is 159 Å². The first-order valence-corrected chi connectivity index (χ1v) is 9.46. The van der Waals surface area contributed by atoms with E-state index < -0.39 is 5.60 Å². The van der Waals surface area contributed by atoms with E-state index in [4.69, 9.17) is 4.74 Å². The standard InChI is InChI=1S/C25H22O2/c1-14-9-18-13-19-10-15(2)17(4)12-23(19)25(22(18)11-16(14)3)21-8-6-5-7-20(21)24(26)27-25/h5-12H,13H2,1-4H3. The summed E-state index contributed by atoms with van der Waals surface area (Å²) in [5.74, 6) is -0.235. The lowest BCUT2D eigenvalue weighted by Gasteiger charge is -2.38. The first-order chi connectivity index (χ1) is 12.9. The van der Waals surface area contributed by atoms with Gasteiger partial charge >= 0.3 is 5.97 Å². The van der Waals surface area contributed by atoms with Crippen molar-refractivity contribution in [3.8, 4) is 0 Å². The summed E-state index contributed by atoms with van der Waals surface area (Å²) in [6.07, 6.45) is 0.869. The number of aryl methyl sites for hydroxylation is 4. The van der Waals surface area contributed by atoms with Gasteiger partial charge in [-0.1, -0.05) is 42.5 Å². The summed E-state index contributed by atoms with van der Waals surface area (Å²) in [6.45, 7) is 8.55. The molecule has 2 heteroatoms. The third-order valence-corrected chi connectivity index (χ3v) is 6.35. The van der Waals surface area contributed by atoms with E-state index in [-0.39, 0.29) is 5.97 Å². The van der Waals surface area contributed by atoms with E-state index in [1.165, 1.54) is 33.4 Å². The molecule has 1 aliphatic carbocycles. The molecule has 0 fully saturated rings. The molecule has 0 radical (unpaired) electrons. The second-order valence-electron chi connectivity index (χ2n) is 7.98. The van der Waals surface area contributed by atoms with Crippen molar-refractivity contribution in [1.29, 1.82) is 0 Å². The Kier molecular flexibility index (Phi) is 3.22. The van der Waals surface area contributed by atoms with Crippen molar-refractivity contribution in [2.45, 2.75) is 39.7 Å². The smallest absolute Gasteiger partial charge is 0.340 e. The number of esters is 1. The molecule has 1 heterocycles. The molecule has 27 heavy (non-hydrogen) atoms. The highest BCUT2D eigenvalue weighted by Gasteiger charge is 2.52. The van der Waals surface area contributed by atoms with Gasteiger partial charge in [-0.2, -0.15) is 0 Å². The summed E-state index contributed by atoms with van der Waals surface area (Å²) >= 11 is 0. The molecule has 0 atom stereocenters. The van der Waals surface area contributed by atoms with Crippen molar-refractivity contribution in [3.63, 3.8) is 0 Å². The minimum Gasteiger partial charge on any atom is -0.441 e. The van der Waals surface area contributed by atoms with Crippen LogP contribution in [-0.4, -0.2) is 5.97 Å². The molecule has 1 spiro atoms. The Hall–Kier alpha value is -2.87. The van der Waals surface area contributed by atoms with Crippen LogP contribution in [0.1, 0.15) is 60.4 Å². The van der Waals surface area contributed by atoms with Gasteiger partial charge in [0.1, 0.15) is 0 Å². The fourth-order valence-electron chi connectivity index (χ4n) is 4.67. The molecular weight excluding hydrogens is 332 g/mol. The van der Waals surface area contributed by atoms with Crippen LogP contribution in [0.2, 0.25) is 0 Å². The van der Waals surface area contributed by atoms with E-state index >= 15 is 0 Å². The summed E-state index contributed by atoms with van der Waals surface area (Å²) in [6, 6.07) is 16.8. The van der Waals surface area contributed by atoms with Crippen LogP contribution in [0.3, 0.4) is 0 Å². The fraction of sp³-hybridized carbons (Fsp3) is 0.240. The number of fused-ring (bicyclic) bond motifs is 6. The zero-order valence-electron chi connectivity index (χ0n) is 16.1. The molecular formula is C25H22O2. The monoisotopic (exact) mass is 354 g/mol. The molecule has 3 aromatic rings. The number of rotatable bonds is 0. The lowest BCUT2D eigenvalue weighted by atomic mass is 9.69. The van der Waals surface area contributed by atoms with Crippen LogP contribution in [0.15, 0.2) is 48.5 Å². The quantitative estimate of drug-likeness (QED) is 0.513. The highest BCUT2D eigenvalue weighted by molar-refractivity contribution is 5.96. The first-order valence-electron chi connectivity index (χ1n) is 9.46. The predicted molar refractivity (Wildman–Crippen MR) is 106 cm³/mol. The van der Waals surface area contributed by atoms with Gasteiger partial charge in [-0.15, -0.1) is 0 Å². The maximum Gasteiger partial charge on any atom is 0.340 e. The van der Waals surface area contributed by atoms with E-state index in [2.05, 4.69) is 52.0 Å². The van der Waals surface area contributed by atoms with Gasteiger partial charge < -0.3 is 4.74 Å². The van der Waals surface area contributed by atoms with E-state index in [1.807, 2.05) is 24.3 Å². The summed E-state index contributed by atoms with van der Waals surface area (Å²) in [7, 11) is 0. The van der Waals surface area contributed by atoms with Crippen molar-refractivity contribution >= 4 is 5.97 Å². The average Bonchev–Trinajstić information content (AvgIpc) is 2.93. The SMILES string of the molecule is Cc1cc2c(cc1C)C1(OC(=O)c3ccccc31)c1cc(C)c(C)cc1C2. The molecule has 3 aromatic carbocycles. The van der Waals surface area contributed by atoms with Crippen LogP contribution in [0.4, 0.5) is 0 Å². The third kappa shape index (κ3) is 2.04. The van der Waals surface area contributed by atoms with Crippen LogP contribution in [0.25, 0.3) is 0 Å². The molecule has 0 unspecified atom stereocenters. The zero-order valence-corrected chi connectivity index (χ0v) is 16.1. The van der Waals surface area contributed by atoms with E-state index in [0.29, 0.717) is 5.56 Å². The lowest BCUT2D eigenvalue weighted by Crippen LogP contribution is -2.35. The molecule has 0 saturated carbocycles. The fourth-order valence-corrected chi connectivity index (χ4v) is 4.67. The third-order valence-electron chi connectivity index (χ3n) is 6.35. The van der Waals surface area contributed by atoms with Crippen molar-refractivity contribution in [2.75, 3.05) is 0 Å². The van der Waals surface area contributed by atoms with Gasteiger partial charge in [0.15, 0.2) is 5.60 Å². The van der Waals surface area contributed by atoms with Gasteiger partial charge in [-0.25, -0.2) is 4.79 Å². The maximum absolute atomic E-state index is 12.8. The topological polar surface area (TPSA) is 26.3 Å². The second-order valence-corrected chi connectivity index (χ2v) is 7.98. The van der Waals surface area contributed by atoms with Gasteiger partial charge in [0.2, 0.25) is 0 Å². The molecule has 1 aliphatic heterocycles. The van der Waals surface area contributed by atoms with Gasteiger partial charge in [0, 0.05) is 16.7 Å². The van der Waals surface area contributed by atoms with Gasteiger partial charge in [0.05, 0.1) is 5.56 Å². The summed E-state index contributed by atoms with van der Waals surface area (Å²) < 4.78 is 6.26. The molecule has 5 rings (SSSR count). The van der Waals surface area contributed by atoms with Crippen LogP contribution in [0.5, 0.6) is 0 Å². The number of carbonyl (C=O) groups is 1. The van der Waals surface area contributed by atoms with Crippen molar-refractivity contribution in [2.24, 2.45) is 0 Å². The highest BCUT2D eigenvalue weighted by Crippen LogP contribution is 2.52. The minimum atomic E-state index is -0.840. The molecule has 0 saturated heterocycles. The second kappa shape index (κ2) is 5.32. The summed E-state index contributed by atoms with van der Waals surface area (Å²) in [5, 5.41) is 0. The van der Waals surface area contributed by atoms with Crippen LogP contribution >= 0.6 is 0 Å². The predicted octanol–water partition coefficient (Wildman–Crippen LogP) is 5.29. The average molecular weight is 354 g/mol. The van der Waals surface area contributed by atoms with Gasteiger partial charge in [-0.3, -0.25) is 0 Å². The van der Waals surface area contributed by atoms with Crippen LogP contribution in [0, 0.1) is 27.7 Å². The molecule has 2 aliphatic rings. The number of ether oxygens (including phenoxy) is 1. The van der Waals surface area contributed by atoms with Crippen LogP contribution < -0.4 is 0 Å². The Bertz CT molecular complexity index is 1080. The molecule has 0 N–H and O–H groups in total. The van der Waals surface area contributed by atoms with Crippen molar-refractivity contribution in [1.82, 2.24) is 0 Å². The Morgan fingerprint density at radius 3 is 1.85 bits per heavy atom. The lowest BCUT2D eigenvalue weighted by molar-refractivity contribution is 0.0240. The largest absolute Gasteiger partial charge is 0.441 e. The van der Waals surface area contributed by atoms with Crippen LogP contribution in [-0.2, 0) is 16.8 Å². The van der Waals surface area contributed by atoms with Gasteiger partial charge in [-0.05, 0) is 73.6 Å². The zero-order chi connectivity index (χ0) is 18.9. The minimum absolute atomic E-state index is 0.235. The van der Waals surface area contributed by atoms with E-state index in [1.54, 1.807) is 0 Å². The molecule has 2 nitrogen and oxygen atoms in total. The molecule has 0 amide bonds. The normalized spacial score (nSPS) is 15.9. The molecule has 0 bridgehead atoms. The summed E-state index contributed by atoms with van der Waals surface area (Å²) in [4.78, 5) is 12.8. The van der Waals surface area contributed by atoms with Gasteiger partial charge in [0.25, 0.3) is 0 Å². The molecule has 134 valence electrons. The number of benzene rings is 3. The van der Waals surface area contributed by atoms with Crippen molar-refractivity contribution < 1.29 is 9.53 Å². The number of carbonyl (C=O) groups excluding carboxylic acids is 1. The summed E-state index contributed by atoms with van der Waals surface area (Å²) in [5.41, 5.74) is 10.5. The van der Waals surface area contributed by atoms with Crippen molar-refractivity contribution in [3.05, 3.63) is 104 Å². The highest BCUT2D eigenvalue weighted by atomic mass is 16.6. The maximum atomic E-state index is 12.8. The Balaban J connectivity index is 1.94. The first kappa shape index (κ1) is 16.3. The van der Waals surface area contributed by atoms with E-state index in [9.17, 15) is 4.79 Å². The Morgan fingerprint density at radius 2 is 1.26 bits per heavy atom. The number of hydrogen-bond donors (Lipinski definition) is 0. The number of hydrogen-bond acceptors (Lipinski definition) is 2.